The largest absolute Gasteiger partial charge is 0.503 e. The lowest BCUT2D eigenvalue weighted by molar-refractivity contribution is -0.117. The number of halogens is 2. The lowest BCUT2D eigenvalue weighted by atomic mass is 9.95. The van der Waals surface area contributed by atoms with Crippen molar-refractivity contribution in [1.82, 2.24) is 10.2 Å². The molecule has 0 saturated carbocycles. The zero-order chi connectivity index (χ0) is 28.7. The van der Waals surface area contributed by atoms with E-state index in [9.17, 15) is 14.7 Å². The number of rotatable bonds is 8. The number of aliphatic hydroxyl groups is 1. The number of aliphatic hydroxyl groups excluding tert-OH is 1. The first kappa shape index (κ1) is 27.3. The number of nitrogens with zero attached hydrogens (tertiary/aromatic N) is 3. The predicted octanol–water partition coefficient (Wildman–Crippen LogP) is 7.67. The number of ether oxygens (including phenoxy) is 1. The highest BCUT2D eigenvalue weighted by Crippen LogP contribution is 2.45. The van der Waals surface area contributed by atoms with E-state index in [1.54, 1.807) is 54.6 Å². The molecule has 8 nitrogen and oxygen atoms in total. The third-order valence-corrected chi connectivity index (χ3v) is 9.17. The van der Waals surface area contributed by atoms with Gasteiger partial charge in [0.05, 0.1) is 18.7 Å². The quantitative estimate of drug-likeness (QED) is 0.107. The monoisotopic (exact) mass is 623 g/mol. The lowest BCUT2D eigenvalue weighted by Crippen LogP contribution is -2.31. The molecule has 1 unspecified atom stereocenters. The fourth-order valence-corrected chi connectivity index (χ4v) is 6.95. The van der Waals surface area contributed by atoms with Gasteiger partial charge in [-0.3, -0.25) is 14.5 Å². The summed E-state index contributed by atoms with van der Waals surface area (Å²) in [5, 5.41) is 21.6. The van der Waals surface area contributed by atoms with Crippen LogP contribution in [0.15, 0.2) is 92.9 Å². The molecule has 1 atom stereocenters. The van der Waals surface area contributed by atoms with E-state index in [4.69, 9.17) is 32.4 Å². The van der Waals surface area contributed by atoms with Crippen molar-refractivity contribution in [3.63, 3.8) is 0 Å². The molecule has 0 saturated heterocycles. The average Bonchev–Trinajstić information content (AvgIpc) is 3.69. The first-order chi connectivity index (χ1) is 19.8. The number of hydrogen-bond acceptors (Lipinski definition) is 9. The number of furan rings is 1. The summed E-state index contributed by atoms with van der Waals surface area (Å²) in [4.78, 5) is 28.6. The second-order valence-electron chi connectivity index (χ2n) is 8.97. The number of carbonyl (C=O) groups is 2. The minimum atomic E-state index is -1.00. The van der Waals surface area contributed by atoms with Gasteiger partial charge in [0.25, 0.3) is 5.91 Å². The van der Waals surface area contributed by atoms with Crippen LogP contribution < -0.4 is 9.64 Å². The number of para-hydroxylation sites is 1. The number of fused-ring (bicyclic) bond motifs is 1. The molecule has 1 aliphatic rings. The van der Waals surface area contributed by atoms with Crippen molar-refractivity contribution in [2.24, 2.45) is 0 Å². The van der Waals surface area contributed by atoms with Crippen LogP contribution >= 0.6 is 46.3 Å². The average molecular weight is 625 g/mol. The molecule has 6 rings (SSSR count). The highest BCUT2D eigenvalue weighted by Gasteiger charge is 2.47. The molecule has 0 fully saturated rings. The van der Waals surface area contributed by atoms with Crippen LogP contribution in [0.4, 0.5) is 5.13 Å². The van der Waals surface area contributed by atoms with E-state index in [0.717, 1.165) is 22.3 Å². The maximum absolute atomic E-state index is 13.8. The van der Waals surface area contributed by atoms with Crippen LogP contribution in [-0.4, -0.2) is 34.1 Å². The zero-order valence-corrected chi connectivity index (χ0v) is 24.4. The van der Waals surface area contributed by atoms with E-state index in [1.165, 1.54) is 23.8 Å². The topological polar surface area (TPSA) is 106 Å². The summed E-state index contributed by atoms with van der Waals surface area (Å²) < 4.78 is 11.8. The SMILES string of the molecule is COc1cccc(C2C(C(=O)c3cc4ccccc4o3)=C(O)C(=O)N2c2nnc(SCc3ccc(Cl)cc3Cl)s2)c1. The second kappa shape index (κ2) is 11.2. The highest BCUT2D eigenvalue weighted by molar-refractivity contribution is 8.00. The van der Waals surface area contributed by atoms with Gasteiger partial charge in [0.15, 0.2) is 15.9 Å². The maximum Gasteiger partial charge on any atom is 0.296 e. The minimum absolute atomic E-state index is 0.00338. The summed E-state index contributed by atoms with van der Waals surface area (Å²) in [5.41, 5.74) is 1.79. The first-order valence-electron chi connectivity index (χ1n) is 12.2. The molecular formula is C29H19Cl2N3O5S2. The van der Waals surface area contributed by atoms with Gasteiger partial charge < -0.3 is 14.3 Å². The molecule has 0 spiro atoms. The number of aromatic nitrogens is 2. The van der Waals surface area contributed by atoms with Crippen LogP contribution in [0.25, 0.3) is 11.0 Å². The number of thioether (sulfide) groups is 1. The van der Waals surface area contributed by atoms with Crippen LogP contribution in [0, 0.1) is 0 Å². The summed E-state index contributed by atoms with van der Waals surface area (Å²) in [6.07, 6.45) is 0. The van der Waals surface area contributed by atoms with E-state index < -0.39 is 23.5 Å². The van der Waals surface area contributed by atoms with Crippen molar-refractivity contribution in [3.05, 3.63) is 111 Å². The summed E-state index contributed by atoms with van der Waals surface area (Å²) in [7, 11) is 1.52. The van der Waals surface area contributed by atoms with Gasteiger partial charge >= 0.3 is 0 Å². The Labute approximate surface area is 252 Å². The highest BCUT2D eigenvalue weighted by atomic mass is 35.5. The van der Waals surface area contributed by atoms with Gasteiger partial charge in [-0.05, 0) is 47.5 Å². The zero-order valence-electron chi connectivity index (χ0n) is 21.2. The lowest BCUT2D eigenvalue weighted by Gasteiger charge is -2.24. The van der Waals surface area contributed by atoms with E-state index in [1.807, 2.05) is 18.2 Å². The van der Waals surface area contributed by atoms with E-state index in [-0.39, 0.29) is 16.5 Å². The van der Waals surface area contributed by atoms with Crippen LogP contribution in [-0.2, 0) is 10.5 Å². The number of carbonyl (C=O) groups excluding carboxylic acids is 2. The number of amides is 1. The third kappa shape index (κ3) is 5.19. The molecule has 0 radical (unpaired) electrons. The summed E-state index contributed by atoms with van der Waals surface area (Å²) in [6.45, 7) is 0. The number of hydrogen-bond donors (Lipinski definition) is 1. The van der Waals surface area contributed by atoms with Gasteiger partial charge in [-0.25, -0.2) is 0 Å². The number of methoxy groups -OCH3 is 1. The van der Waals surface area contributed by atoms with Gasteiger partial charge in [-0.15, -0.1) is 10.2 Å². The standard InChI is InChI=1S/C29H19Cl2N3O5S2/c1-38-19-7-4-6-16(11-19)24-23(25(35)22-12-15-5-2-3-8-21(15)39-22)26(36)27(37)34(24)28-32-33-29(41-28)40-14-17-9-10-18(30)13-20(17)31/h2-13,24,36H,14H2,1H3. The Kier molecular flexibility index (Phi) is 7.48. The van der Waals surface area contributed by atoms with Gasteiger partial charge in [0.2, 0.25) is 10.9 Å². The first-order valence-corrected chi connectivity index (χ1v) is 14.7. The van der Waals surface area contributed by atoms with Crippen molar-refractivity contribution in [3.8, 4) is 5.75 Å². The van der Waals surface area contributed by atoms with Crippen molar-refractivity contribution in [2.75, 3.05) is 12.0 Å². The number of ketones is 1. The van der Waals surface area contributed by atoms with Gasteiger partial charge in [0.1, 0.15) is 11.3 Å². The molecule has 3 aromatic carbocycles. The molecule has 2 aromatic heterocycles. The van der Waals surface area contributed by atoms with Crippen LogP contribution in [0.5, 0.6) is 5.75 Å². The Bertz CT molecular complexity index is 1820. The summed E-state index contributed by atoms with van der Waals surface area (Å²) >= 11 is 14.9. The van der Waals surface area contributed by atoms with Crippen molar-refractivity contribution in [1.29, 1.82) is 0 Å². The fourth-order valence-electron chi connectivity index (χ4n) is 4.52. The Morgan fingerprint density at radius 1 is 1.10 bits per heavy atom. The third-order valence-electron chi connectivity index (χ3n) is 6.48. The molecule has 0 aliphatic carbocycles. The molecule has 41 heavy (non-hydrogen) atoms. The van der Waals surface area contributed by atoms with Gasteiger partial charge in [0, 0.05) is 21.2 Å². The normalized spacial score (nSPS) is 15.2. The fraction of sp³-hybridized carbons (Fsp3) is 0.103. The van der Waals surface area contributed by atoms with E-state index in [2.05, 4.69) is 10.2 Å². The van der Waals surface area contributed by atoms with Crippen molar-refractivity contribution >= 4 is 74.1 Å². The predicted molar refractivity (Wildman–Crippen MR) is 159 cm³/mol. The molecular weight excluding hydrogens is 605 g/mol. The van der Waals surface area contributed by atoms with Gasteiger partial charge in [-0.1, -0.05) is 82.7 Å². The van der Waals surface area contributed by atoms with Gasteiger partial charge in [-0.2, -0.15) is 0 Å². The Balaban J connectivity index is 1.37. The molecule has 1 amide bonds. The summed E-state index contributed by atoms with van der Waals surface area (Å²) in [6, 6.07) is 20.0. The Hall–Kier alpha value is -3.83. The number of benzene rings is 3. The molecule has 3 heterocycles. The molecule has 1 aliphatic heterocycles. The maximum atomic E-state index is 13.8. The number of anilines is 1. The van der Waals surface area contributed by atoms with Crippen LogP contribution in [0.2, 0.25) is 10.0 Å². The smallest absolute Gasteiger partial charge is 0.296 e. The van der Waals surface area contributed by atoms with Crippen molar-refractivity contribution in [2.45, 2.75) is 16.1 Å². The molecule has 0 bridgehead atoms. The van der Waals surface area contributed by atoms with Crippen LogP contribution in [0.3, 0.4) is 0 Å². The van der Waals surface area contributed by atoms with Crippen molar-refractivity contribution < 1.29 is 23.8 Å². The molecule has 12 heteroatoms. The minimum Gasteiger partial charge on any atom is -0.503 e. The van der Waals surface area contributed by atoms with E-state index in [0.29, 0.717) is 37.0 Å². The van der Waals surface area contributed by atoms with E-state index >= 15 is 0 Å². The second-order valence-corrected chi connectivity index (χ2v) is 12.0. The number of Topliss-reactive ketones (excluding diaryl/α,β-unsaturated/α-hetero) is 1. The Morgan fingerprint density at radius 2 is 1.93 bits per heavy atom. The van der Waals surface area contributed by atoms with Crippen LogP contribution in [0.1, 0.15) is 27.7 Å². The summed E-state index contributed by atoms with van der Waals surface area (Å²) in [5.74, 6) is -1.05. The molecule has 1 N–H and O–H groups in total. The molecule has 206 valence electrons. The molecule has 5 aromatic rings. The Morgan fingerprint density at radius 3 is 2.71 bits per heavy atom.